The molecule has 0 aromatic carbocycles. The van der Waals surface area contributed by atoms with Crippen LogP contribution in [-0.2, 0) is 4.79 Å². The lowest BCUT2D eigenvalue weighted by molar-refractivity contribution is -0.125. The summed E-state index contributed by atoms with van der Waals surface area (Å²) in [7, 11) is 0. The van der Waals surface area contributed by atoms with Crippen molar-refractivity contribution in [1.82, 2.24) is 5.32 Å². The Morgan fingerprint density at radius 2 is 2.38 bits per heavy atom. The molecule has 0 saturated heterocycles. The van der Waals surface area contributed by atoms with Gasteiger partial charge in [0.2, 0.25) is 5.91 Å². The molecule has 0 unspecified atom stereocenters. The molecular formula is C13H23NOS. The first-order chi connectivity index (χ1) is 7.74. The second kappa shape index (κ2) is 7.77. The number of thioether (sulfide) groups is 1. The molecule has 0 aliphatic heterocycles. The summed E-state index contributed by atoms with van der Waals surface area (Å²) in [4.78, 5) is 11.9. The minimum Gasteiger partial charge on any atom is -0.353 e. The van der Waals surface area contributed by atoms with E-state index in [1.807, 2.05) is 11.8 Å². The molecule has 1 N–H and O–H groups in total. The van der Waals surface area contributed by atoms with E-state index in [2.05, 4.69) is 31.3 Å². The van der Waals surface area contributed by atoms with Gasteiger partial charge in [0.1, 0.15) is 0 Å². The van der Waals surface area contributed by atoms with E-state index in [0.717, 1.165) is 37.2 Å². The molecule has 92 valence electrons. The number of carbonyl (C=O) groups excluding carboxylic acids is 1. The van der Waals surface area contributed by atoms with Gasteiger partial charge in [0.15, 0.2) is 0 Å². The number of rotatable bonds is 6. The Balaban J connectivity index is 2.19. The highest BCUT2D eigenvalue weighted by Crippen LogP contribution is 2.18. The standard InChI is InChI=1S/C13H23NOS/c1-3-16-10-9-11(2)14-13(15)12-7-5-4-6-8-12/h4-5,11-12H,3,6-10H2,1-2H3,(H,14,15)/t11-,12-/m1/s1. The van der Waals surface area contributed by atoms with Crippen LogP contribution in [0.15, 0.2) is 12.2 Å². The molecular weight excluding hydrogens is 218 g/mol. The van der Waals surface area contributed by atoms with Gasteiger partial charge in [0.05, 0.1) is 0 Å². The second-order valence-corrected chi connectivity index (χ2v) is 5.77. The third kappa shape index (κ3) is 5.06. The number of hydrogen-bond acceptors (Lipinski definition) is 2. The van der Waals surface area contributed by atoms with Crippen molar-refractivity contribution in [2.45, 2.75) is 45.6 Å². The number of amides is 1. The molecule has 0 aromatic rings. The molecule has 0 radical (unpaired) electrons. The number of carbonyl (C=O) groups is 1. The number of allylic oxidation sites excluding steroid dienone is 2. The molecule has 1 amide bonds. The fraction of sp³-hybridized carbons (Fsp3) is 0.769. The first-order valence-electron chi connectivity index (χ1n) is 6.27. The largest absolute Gasteiger partial charge is 0.353 e. The van der Waals surface area contributed by atoms with Crippen LogP contribution in [0, 0.1) is 5.92 Å². The maximum absolute atomic E-state index is 11.9. The molecule has 1 aliphatic carbocycles. The van der Waals surface area contributed by atoms with E-state index in [9.17, 15) is 4.79 Å². The predicted octanol–water partition coefficient (Wildman–Crippen LogP) is 2.99. The van der Waals surface area contributed by atoms with Gasteiger partial charge in [-0.2, -0.15) is 11.8 Å². The number of nitrogens with one attached hydrogen (secondary N) is 1. The normalized spacial score (nSPS) is 21.8. The summed E-state index contributed by atoms with van der Waals surface area (Å²) < 4.78 is 0. The SMILES string of the molecule is CCSCC[C@@H](C)NC(=O)[C@@H]1CC=CCC1. The Morgan fingerprint density at radius 1 is 1.56 bits per heavy atom. The molecule has 0 fully saturated rings. The molecule has 1 aliphatic rings. The quantitative estimate of drug-likeness (QED) is 0.572. The molecule has 2 nitrogen and oxygen atoms in total. The zero-order valence-corrected chi connectivity index (χ0v) is 11.2. The first kappa shape index (κ1) is 13.6. The van der Waals surface area contributed by atoms with Crippen LogP contribution in [0.2, 0.25) is 0 Å². The summed E-state index contributed by atoms with van der Waals surface area (Å²) in [5, 5.41) is 3.12. The van der Waals surface area contributed by atoms with Crippen molar-refractivity contribution in [3.8, 4) is 0 Å². The van der Waals surface area contributed by atoms with Crippen molar-refractivity contribution in [2.24, 2.45) is 5.92 Å². The van der Waals surface area contributed by atoms with Gasteiger partial charge in [-0.15, -0.1) is 0 Å². The Morgan fingerprint density at radius 3 is 3.00 bits per heavy atom. The maximum Gasteiger partial charge on any atom is 0.223 e. The Hall–Kier alpha value is -0.440. The third-order valence-corrected chi connectivity index (χ3v) is 3.86. The maximum atomic E-state index is 11.9. The van der Waals surface area contributed by atoms with Crippen LogP contribution < -0.4 is 5.32 Å². The van der Waals surface area contributed by atoms with Crippen molar-refractivity contribution in [1.29, 1.82) is 0 Å². The lowest BCUT2D eigenvalue weighted by Gasteiger charge is -2.20. The van der Waals surface area contributed by atoms with E-state index in [1.165, 1.54) is 0 Å². The highest BCUT2D eigenvalue weighted by Gasteiger charge is 2.19. The summed E-state index contributed by atoms with van der Waals surface area (Å²) in [5.41, 5.74) is 0. The zero-order chi connectivity index (χ0) is 11.8. The van der Waals surface area contributed by atoms with E-state index >= 15 is 0 Å². The molecule has 0 spiro atoms. The van der Waals surface area contributed by atoms with Crippen molar-refractivity contribution in [3.05, 3.63) is 12.2 Å². The smallest absolute Gasteiger partial charge is 0.223 e. The molecule has 0 bridgehead atoms. The van der Waals surface area contributed by atoms with Gasteiger partial charge < -0.3 is 5.32 Å². The van der Waals surface area contributed by atoms with Crippen LogP contribution in [0.5, 0.6) is 0 Å². The van der Waals surface area contributed by atoms with E-state index in [-0.39, 0.29) is 11.8 Å². The fourth-order valence-electron chi connectivity index (χ4n) is 1.87. The van der Waals surface area contributed by atoms with Crippen LogP contribution in [-0.4, -0.2) is 23.5 Å². The van der Waals surface area contributed by atoms with Crippen LogP contribution in [0.4, 0.5) is 0 Å². The van der Waals surface area contributed by atoms with Gasteiger partial charge >= 0.3 is 0 Å². The van der Waals surface area contributed by atoms with Gasteiger partial charge in [-0.1, -0.05) is 19.1 Å². The second-order valence-electron chi connectivity index (χ2n) is 4.38. The van der Waals surface area contributed by atoms with Gasteiger partial charge in [-0.05, 0) is 44.1 Å². The van der Waals surface area contributed by atoms with Crippen LogP contribution in [0.25, 0.3) is 0 Å². The Kier molecular flexibility index (Phi) is 6.62. The lowest BCUT2D eigenvalue weighted by atomic mass is 9.93. The topological polar surface area (TPSA) is 29.1 Å². The molecule has 16 heavy (non-hydrogen) atoms. The summed E-state index contributed by atoms with van der Waals surface area (Å²) in [6.07, 6.45) is 8.36. The van der Waals surface area contributed by atoms with Crippen LogP contribution >= 0.6 is 11.8 Å². The van der Waals surface area contributed by atoms with Gasteiger partial charge in [-0.3, -0.25) is 4.79 Å². The first-order valence-corrected chi connectivity index (χ1v) is 7.42. The molecule has 0 saturated carbocycles. The number of hydrogen-bond donors (Lipinski definition) is 1. The molecule has 0 aromatic heterocycles. The monoisotopic (exact) mass is 241 g/mol. The highest BCUT2D eigenvalue weighted by molar-refractivity contribution is 7.99. The van der Waals surface area contributed by atoms with E-state index in [1.54, 1.807) is 0 Å². The van der Waals surface area contributed by atoms with Crippen LogP contribution in [0.3, 0.4) is 0 Å². The summed E-state index contributed by atoms with van der Waals surface area (Å²) >= 11 is 1.94. The minimum absolute atomic E-state index is 0.214. The molecule has 3 heteroatoms. The van der Waals surface area contributed by atoms with Crippen molar-refractivity contribution in [2.75, 3.05) is 11.5 Å². The van der Waals surface area contributed by atoms with Crippen molar-refractivity contribution < 1.29 is 4.79 Å². The van der Waals surface area contributed by atoms with Gasteiger partial charge in [0.25, 0.3) is 0 Å². The third-order valence-electron chi connectivity index (χ3n) is 2.93. The molecule has 2 atom stereocenters. The minimum atomic E-state index is 0.214. The van der Waals surface area contributed by atoms with E-state index < -0.39 is 0 Å². The van der Waals surface area contributed by atoms with E-state index in [0.29, 0.717) is 6.04 Å². The lowest BCUT2D eigenvalue weighted by Crippen LogP contribution is -2.37. The summed E-state index contributed by atoms with van der Waals surface area (Å²) in [6.45, 7) is 4.27. The molecule has 0 heterocycles. The summed E-state index contributed by atoms with van der Waals surface area (Å²) in [6, 6.07) is 0.317. The van der Waals surface area contributed by atoms with Crippen molar-refractivity contribution in [3.63, 3.8) is 0 Å². The highest BCUT2D eigenvalue weighted by atomic mass is 32.2. The fourth-order valence-corrected chi connectivity index (χ4v) is 2.68. The van der Waals surface area contributed by atoms with Crippen LogP contribution in [0.1, 0.15) is 39.5 Å². The van der Waals surface area contributed by atoms with Crippen molar-refractivity contribution >= 4 is 17.7 Å². The average molecular weight is 241 g/mol. The van der Waals surface area contributed by atoms with Gasteiger partial charge in [-0.25, -0.2) is 0 Å². The average Bonchev–Trinajstić information content (AvgIpc) is 2.30. The Labute approximate surface area is 103 Å². The summed E-state index contributed by atoms with van der Waals surface area (Å²) in [5.74, 6) is 2.76. The van der Waals surface area contributed by atoms with E-state index in [4.69, 9.17) is 0 Å². The predicted molar refractivity (Wildman–Crippen MR) is 71.7 cm³/mol. The zero-order valence-electron chi connectivity index (χ0n) is 10.4. The Bertz CT molecular complexity index is 240. The van der Waals surface area contributed by atoms with Gasteiger partial charge in [0, 0.05) is 12.0 Å². The molecule has 1 rings (SSSR count).